The van der Waals surface area contributed by atoms with Crippen molar-refractivity contribution in [1.82, 2.24) is 5.32 Å². The Balaban J connectivity index is 2.94. The van der Waals surface area contributed by atoms with E-state index in [1.165, 1.54) is 0 Å². The first-order valence-electron chi connectivity index (χ1n) is 6.48. The summed E-state index contributed by atoms with van der Waals surface area (Å²) in [6.45, 7) is 7.87. The van der Waals surface area contributed by atoms with E-state index < -0.39 is 5.54 Å². The van der Waals surface area contributed by atoms with Gasteiger partial charge in [-0.05, 0) is 38.8 Å². The molecule has 100 valence electrons. The smallest absolute Gasteiger partial charge is 0.251 e. The fourth-order valence-corrected chi connectivity index (χ4v) is 2.11. The Hall–Kier alpha value is -1.35. The summed E-state index contributed by atoms with van der Waals surface area (Å²) in [7, 11) is 0. The summed E-state index contributed by atoms with van der Waals surface area (Å²) in [6, 6.07) is 5.78. The standard InChI is InChI=1S/C15H23NO2/c1-5-15(6-2,10-17)16-14(18)13-8-11(3)7-12(4)9-13/h7-9,17H,5-6,10H2,1-4H3,(H,16,18). The van der Waals surface area contributed by atoms with Crippen molar-refractivity contribution in [3.05, 3.63) is 34.9 Å². The zero-order valence-corrected chi connectivity index (χ0v) is 11.7. The zero-order chi connectivity index (χ0) is 13.8. The van der Waals surface area contributed by atoms with Gasteiger partial charge in [-0.15, -0.1) is 0 Å². The molecule has 0 unspecified atom stereocenters. The number of hydrogen-bond acceptors (Lipinski definition) is 2. The van der Waals surface area contributed by atoms with E-state index in [1.54, 1.807) is 0 Å². The van der Waals surface area contributed by atoms with Gasteiger partial charge in [-0.3, -0.25) is 4.79 Å². The lowest BCUT2D eigenvalue weighted by atomic mass is 9.93. The predicted molar refractivity (Wildman–Crippen MR) is 73.8 cm³/mol. The molecule has 0 aliphatic rings. The third kappa shape index (κ3) is 3.33. The Morgan fingerprint density at radius 2 is 1.67 bits per heavy atom. The Kier molecular flexibility index (Phi) is 4.91. The number of carbonyl (C=O) groups excluding carboxylic acids is 1. The molecule has 0 saturated carbocycles. The molecule has 0 heterocycles. The van der Waals surface area contributed by atoms with Crippen molar-refractivity contribution in [2.45, 2.75) is 46.1 Å². The number of aliphatic hydroxyl groups excluding tert-OH is 1. The molecular formula is C15H23NO2. The van der Waals surface area contributed by atoms with E-state index in [4.69, 9.17) is 0 Å². The van der Waals surface area contributed by atoms with Crippen molar-refractivity contribution >= 4 is 5.91 Å². The van der Waals surface area contributed by atoms with Crippen LogP contribution in [0.2, 0.25) is 0 Å². The minimum absolute atomic E-state index is 0.0312. The van der Waals surface area contributed by atoms with Crippen molar-refractivity contribution in [3.8, 4) is 0 Å². The van der Waals surface area contributed by atoms with Crippen LogP contribution in [-0.4, -0.2) is 23.2 Å². The highest BCUT2D eigenvalue weighted by Crippen LogP contribution is 2.16. The molecule has 0 saturated heterocycles. The summed E-state index contributed by atoms with van der Waals surface area (Å²) in [5, 5.41) is 12.4. The molecule has 0 fully saturated rings. The average Bonchev–Trinajstić information content (AvgIpc) is 2.35. The lowest BCUT2D eigenvalue weighted by Gasteiger charge is -2.30. The molecule has 3 nitrogen and oxygen atoms in total. The first kappa shape index (κ1) is 14.7. The van der Waals surface area contributed by atoms with Crippen molar-refractivity contribution in [1.29, 1.82) is 0 Å². The summed E-state index contributed by atoms with van der Waals surface area (Å²) in [5.41, 5.74) is 2.30. The van der Waals surface area contributed by atoms with Gasteiger partial charge in [0.1, 0.15) is 0 Å². The summed E-state index contributed by atoms with van der Waals surface area (Å²) < 4.78 is 0. The molecule has 3 heteroatoms. The van der Waals surface area contributed by atoms with E-state index >= 15 is 0 Å². The van der Waals surface area contributed by atoms with E-state index in [9.17, 15) is 9.90 Å². The Morgan fingerprint density at radius 1 is 1.17 bits per heavy atom. The number of nitrogens with one attached hydrogen (secondary N) is 1. The topological polar surface area (TPSA) is 49.3 Å². The molecule has 1 aromatic rings. The van der Waals surface area contributed by atoms with Crippen LogP contribution in [0.25, 0.3) is 0 Å². The van der Waals surface area contributed by atoms with Crippen LogP contribution < -0.4 is 5.32 Å². The van der Waals surface area contributed by atoms with Gasteiger partial charge in [0.15, 0.2) is 0 Å². The van der Waals surface area contributed by atoms with Gasteiger partial charge in [0.05, 0.1) is 12.1 Å². The van der Waals surface area contributed by atoms with Crippen molar-refractivity contribution < 1.29 is 9.90 Å². The fraction of sp³-hybridized carbons (Fsp3) is 0.533. The Labute approximate surface area is 109 Å². The number of aryl methyl sites for hydroxylation is 2. The van der Waals surface area contributed by atoms with Gasteiger partial charge in [-0.2, -0.15) is 0 Å². The molecule has 18 heavy (non-hydrogen) atoms. The molecule has 0 spiro atoms. The molecule has 0 radical (unpaired) electrons. The predicted octanol–water partition coefficient (Wildman–Crippen LogP) is 2.58. The van der Waals surface area contributed by atoms with E-state index in [2.05, 4.69) is 5.32 Å². The van der Waals surface area contributed by atoms with E-state index in [0.717, 1.165) is 24.0 Å². The molecule has 2 N–H and O–H groups in total. The molecule has 0 atom stereocenters. The maximum Gasteiger partial charge on any atom is 0.251 e. The SMILES string of the molecule is CCC(CC)(CO)NC(=O)c1cc(C)cc(C)c1. The van der Waals surface area contributed by atoms with Gasteiger partial charge in [0.2, 0.25) is 0 Å². The number of hydrogen-bond donors (Lipinski definition) is 2. The second-order valence-corrected chi connectivity index (χ2v) is 4.98. The second kappa shape index (κ2) is 6.01. The van der Waals surface area contributed by atoms with Crippen LogP contribution in [-0.2, 0) is 0 Å². The van der Waals surface area contributed by atoms with E-state index in [-0.39, 0.29) is 12.5 Å². The van der Waals surface area contributed by atoms with Gasteiger partial charge >= 0.3 is 0 Å². The quantitative estimate of drug-likeness (QED) is 0.842. The summed E-state index contributed by atoms with van der Waals surface area (Å²) in [6.07, 6.45) is 1.44. The first-order valence-corrected chi connectivity index (χ1v) is 6.48. The lowest BCUT2D eigenvalue weighted by molar-refractivity contribution is 0.0817. The molecule has 1 rings (SSSR count). The number of aliphatic hydroxyl groups is 1. The third-order valence-electron chi connectivity index (χ3n) is 3.52. The number of benzene rings is 1. The molecule has 1 amide bonds. The number of carbonyl (C=O) groups is 1. The van der Waals surface area contributed by atoms with Crippen molar-refractivity contribution in [3.63, 3.8) is 0 Å². The molecular weight excluding hydrogens is 226 g/mol. The van der Waals surface area contributed by atoms with Gasteiger partial charge in [0, 0.05) is 5.56 Å². The van der Waals surface area contributed by atoms with Crippen LogP contribution in [0.3, 0.4) is 0 Å². The Morgan fingerprint density at radius 3 is 2.06 bits per heavy atom. The largest absolute Gasteiger partial charge is 0.394 e. The minimum Gasteiger partial charge on any atom is -0.394 e. The first-order chi connectivity index (χ1) is 8.46. The van der Waals surface area contributed by atoms with Crippen LogP contribution in [0.4, 0.5) is 0 Å². The number of rotatable bonds is 5. The van der Waals surface area contributed by atoms with E-state index in [0.29, 0.717) is 5.56 Å². The van der Waals surface area contributed by atoms with Crippen molar-refractivity contribution in [2.75, 3.05) is 6.61 Å². The fourth-order valence-electron chi connectivity index (χ4n) is 2.11. The molecule has 0 aliphatic heterocycles. The summed E-state index contributed by atoms with van der Waals surface area (Å²) >= 11 is 0. The highest BCUT2D eigenvalue weighted by Gasteiger charge is 2.27. The van der Waals surface area contributed by atoms with Crippen LogP contribution >= 0.6 is 0 Å². The zero-order valence-electron chi connectivity index (χ0n) is 11.7. The summed E-state index contributed by atoms with van der Waals surface area (Å²) in [4.78, 5) is 12.2. The van der Waals surface area contributed by atoms with Crippen molar-refractivity contribution in [2.24, 2.45) is 0 Å². The van der Waals surface area contributed by atoms with Crippen LogP contribution in [0.15, 0.2) is 18.2 Å². The third-order valence-corrected chi connectivity index (χ3v) is 3.52. The monoisotopic (exact) mass is 249 g/mol. The summed E-state index contributed by atoms with van der Waals surface area (Å²) in [5.74, 6) is -0.112. The van der Waals surface area contributed by atoms with Crippen LogP contribution in [0.1, 0.15) is 48.2 Å². The second-order valence-electron chi connectivity index (χ2n) is 4.98. The van der Waals surface area contributed by atoms with Crippen LogP contribution in [0.5, 0.6) is 0 Å². The normalized spacial score (nSPS) is 11.4. The van der Waals surface area contributed by atoms with Gasteiger partial charge < -0.3 is 10.4 Å². The highest BCUT2D eigenvalue weighted by atomic mass is 16.3. The average molecular weight is 249 g/mol. The molecule has 1 aromatic carbocycles. The van der Waals surface area contributed by atoms with Gasteiger partial charge in [-0.25, -0.2) is 0 Å². The van der Waals surface area contributed by atoms with Gasteiger partial charge in [0.25, 0.3) is 5.91 Å². The van der Waals surface area contributed by atoms with Crippen LogP contribution in [0, 0.1) is 13.8 Å². The van der Waals surface area contributed by atoms with E-state index in [1.807, 2.05) is 45.9 Å². The molecule has 0 aromatic heterocycles. The highest BCUT2D eigenvalue weighted by molar-refractivity contribution is 5.95. The maximum absolute atomic E-state index is 12.2. The maximum atomic E-state index is 12.2. The Bertz CT molecular complexity index is 394. The van der Waals surface area contributed by atoms with Gasteiger partial charge in [-0.1, -0.05) is 31.0 Å². The minimum atomic E-state index is -0.505. The molecule has 0 bridgehead atoms. The lowest BCUT2D eigenvalue weighted by Crippen LogP contribution is -2.50. The molecule has 0 aliphatic carbocycles. The number of amides is 1.